The van der Waals surface area contributed by atoms with Gasteiger partial charge in [-0.25, -0.2) is 4.98 Å². The van der Waals surface area contributed by atoms with Gasteiger partial charge in [0.1, 0.15) is 11.9 Å². The Balaban J connectivity index is 0.00000312. The maximum atomic E-state index is 5.89. The molecule has 2 N–H and O–H groups in total. The van der Waals surface area contributed by atoms with E-state index in [4.69, 9.17) is 4.74 Å². The van der Waals surface area contributed by atoms with Crippen molar-refractivity contribution in [2.75, 3.05) is 20.1 Å². The normalized spacial score (nSPS) is 12.2. The number of nitrogens with zero attached hydrogens (tertiary/aromatic N) is 2. The number of hydrogen-bond donors (Lipinski definition) is 2. The Labute approximate surface area is 171 Å². The Morgan fingerprint density at radius 2 is 1.96 bits per heavy atom. The molecule has 2 aromatic rings. The van der Waals surface area contributed by atoms with Crippen LogP contribution in [0.3, 0.4) is 0 Å². The topological polar surface area (TPSA) is 58.5 Å². The Morgan fingerprint density at radius 3 is 2.56 bits per heavy atom. The molecule has 5 nitrogen and oxygen atoms in total. The third-order valence-corrected chi connectivity index (χ3v) is 4.41. The van der Waals surface area contributed by atoms with Gasteiger partial charge in [-0.3, -0.25) is 4.99 Å². The number of nitrogens with one attached hydrogen (secondary N) is 2. The quantitative estimate of drug-likeness (QED) is 0.366. The summed E-state index contributed by atoms with van der Waals surface area (Å²) >= 11 is 1.74. The maximum Gasteiger partial charge on any atom is 0.191 e. The fourth-order valence-corrected chi connectivity index (χ4v) is 2.94. The lowest BCUT2D eigenvalue weighted by molar-refractivity contribution is 0.224. The average molecular weight is 474 g/mol. The number of hydrogen-bond acceptors (Lipinski definition) is 4. The standard InChI is InChI=1S/C18H26N4OS.HI/c1-13-5-7-16(8-6-13)23-14(2)11-22-18(19-4)20-10-9-17-21-12-15(3)24-17;/h5-8,12,14H,9-11H2,1-4H3,(H2,19,20,22);1H. The van der Waals surface area contributed by atoms with Gasteiger partial charge in [-0.1, -0.05) is 17.7 Å². The fraction of sp³-hybridized carbons (Fsp3) is 0.444. The number of benzene rings is 1. The summed E-state index contributed by atoms with van der Waals surface area (Å²) < 4.78 is 5.89. The number of halogens is 1. The molecular formula is C18H27IN4OS. The molecule has 1 aromatic carbocycles. The third kappa shape index (κ3) is 8.04. The summed E-state index contributed by atoms with van der Waals surface area (Å²) in [4.78, 5) is 9.85. The largest absolute Gasteiger partial charge is 0.489 e. The third-order valence-electron chi connectivity index (χ3n) is 3.44. The molecule has 7 heteroatoms. The van der Waals surface area contributed by atoms with Crippen molar-refractivity contribution in [2.24, 2.45) is 4.99 Å². The lowest BCUT2D eigenvalue weighted by atomic mass is 10.2. The van der Waals surface area contributed by atoms with Crippen LogP contribution in [0.25, 0.3) is 0 Å². The molecule has 0 amide bonds. The average Bonchev–Trinajstić information content (AvgIpc) is 2.98. The van der Waals surface area contributed by atoms with Crippen LogP contribution in [-0.4, -0.2) is 37.2 Å². The first-order valence-electron chi connectivity index (χ1n) is 8.16. The van der Waals surface area contributed by atoms with Gasteiger partial charge < -0.3 is 15.4 Å². The first-order valence-corrected chi connectivity index (χ1v) is 8.97. The molecule has 0 fully saturated rings. The minimum absolute atomic E-state index is 0. The van der Waals surface area contributed by atoms with Gasteiger partial charge >= 0.3 is 0 Å². The van der Waals surface area contributed by atoms with Crippen LogP contribution in [0.4, 0.5) is 0 Å². The van der Waals surface area contributed by atoms with Crippen molar-refractivity contribution in [3.05, 3.63) is 45.9 Å². The second kappa shape index (κ2) is 11.3. The van der Waals surface area contributed by atoms with Crippen molar-refractivity contribution >= 4 is 41.3 Å². The Morgan fingerprint density at radius 1 is 1.24 bits per heavy atom. The maximum absolute atomic E-state index is 5.89. The van der Waals surface area contributed by atoms with Gasteiger partial charge in [-0.2, -0.15) is 0 Å². The Bertz CT molecular complexity index is 657. The highest BCUT2D eigenvalue weighted by molar-refractivity contribution is 14.0. The van der Waals surface area contributed by atoms with E-state index in [-0.39, 0.29) is 30.1 Å². The van der Waals surface area contributed by atoms with E-state index in [1.165, 1.54) is 10.4 Å². The zero-order valence-electron chi connectivity index (χ0n) is 15.2. The molecule has 0 saturated heterocycles. The van der Waals surface area contributed by atoms with E-state index in [1.54, 1.807) is 18.4 Å². The molecule has 0 saturated carbocycles. The first kappa shape index (κ1) is 21.7. The second-order valence-electron chi connectivity index (χ2n) is 5.74. The molecule has 138 valence electrons. The predicted molar refractivity (Wildman–Crippen MR) is 117 cm³/mol. The second-order valence-corrected chi connectivity index (χ2v) is 7.06. The molecule has 0 radical (unpaired) electrons. The summed E-state index contributed by atoms with van der Waals surface area (Å²) in [5.41, 5.74) is 1.23. The Kier molecular flexibility index (Phi) is 9.81. The van der Waals surface area contributed by atoms with Gasteiger partial charge in [0, 0.05) is 31.1 Å². The molecule has 0 aliphatic rings. The first-order chi connectivity index (χ1) is 11.6. The molecule has 0 bridgehead atoms. The van der Waals surface area contributed by atoms with Crippen molar-refractivity contribution in [1.29, 1.82) is 0 Å². The van der Waals surface area contributed by atoms with Gasteiger partial charge in [-0.05, 0) is 32.9 Å². The molecule has 1 atom stereocenters. The summed E-state index contributed by atoms with van der Waals surface area (Å²) in [6.45, 7) is 7.67. The van der Waals surface area contributed by atoms with Gasteiger partial charge in [0.15, 0.2) is 5.96 Å². The summed E-state index contributed by atoms with van der Waals surface area (Å²) in [7, 11) is 1.77. The van der Waals surface area contributed by atoms with Gasteiger partial charge in [0.05, 0.1) is 11.6 Å². The molecule has 25 heavy (non-hydrogen) atoms. The number of thiazole rings is 1. The van der Waals surface area contributed by atoms with Crippen LogP contribution in [0.1, 0.15) is 22.4 Å². The van der Waals surface area contributed by atoms with E-state index in [0.29, 0.717) is 6.54 Å². The van der Waals surface area contributed by atoms with Crippen LogP contribution in [-0.2, 0) is 6.42 Å². The number of rotatable bonds is 7. The predicted octanol–water partition coefficient (Wildman–Crippen LogP) is 3.55. The van der Waals surface area contributed by atoms with E-state index in [1.807, 2.05) is 25.3 Å². The molecule has 0 aliphatic heterocycles. The lowest BCUT2D eigenvalue weighted by Gasteiger charge is -2.17. The monoisotopic (exact) mass is 474 g/mol. The fourth-order valence-electron chi connectivity index (χ4n) is 2.16. The molecule has 2 rings (SSSR count). The summed E-state index contributed by atoms with van der Waals surface area (Å²) in [6, 6.07) is 8.09. The van der Waals surface area contributed by atoms with Crippen LogP contribution in [0, 0.1) is 13.8 Å². The van der Waals surface area contributed by atoms with Gasteiger partial charge in [0.2, 0.25) is 0 Å². The number of aromatic nitrogens is 1. The van der Waals surface area contributed by atoms with Crippen molar-refractivity contribution < 1.29 is 4.74 Å². The number of ether oxygens (including phenoxy) is 1. The molecule has 1 aromatic heterocycles. The van der Waals surface area contributed by atoms with E-state index in [2.05, 4.69) is 46.6 Å². The SMILES string of the molecule is CN=C(NCCc1ncc(C)s1)NCC(C)Oc1ccc(C)cc1.I. The molecular weight excluding hydrogens is 447 g/mol. The minimum Gasteiger partial charge on any atom is -0.489 e. The zero-order valence-corrected chi connectivity index (χ0v) is 18.4. The number of guanidine groups is 1. The summed E-state index contributed by atoms with van der Waals surface area (Å²) in [5.74, 6) is 1.67. The molecule has 1 heterocycles. The molecule has 0 spiro atoms. The zero-order chi connectivity index (χ0) is 17.4. The molecule has 1 unspecified atom stereocenters. The van der Waals surface area contributed by atoms with Crippen LogP contribution < -0.4 is 15.4 Å². The molecule has 0 aliphatic carbocycles. The van der Waals surface area contributed by atoms with Crippen LogP contribution >= 0.6 is 35.3 Å². The highest BCUT2D eigenvalue weighted by Gasteiger charge is 2.06. The highest BCUT2D eigenvalue weighted by atomic mass is 127. The van der Waals surface area contributed by atoms with Crippen LogP contribution in [0.15, 0.2) is 35.5 Å². The summed E-state index contributed by atoms with van der Waals surface area (Å²) in [5, 5.41) is 7.74. The summed E-state index contributed by atoms with van der Waals surface area (Å²) in [6.07, 6.45) is 2.86. The minimum atomic E-state index is 0. The van der Waals surface area contributed by atoms with E-state index in [0.717, 1.165) is 29.7 Å². The lowest BCUT2D eigenvalue weighted by Crippen LogP contribution is -2.42. The van der Waals surface area contributed by atoms with Crippen molar-refractivity contribution in [3.63, 3.8) is 0 Å². The number of aliphatic imine (C=N–C) groups is 1. The smallest absolute Gasteiger partial charge is 0.191 e. The van der Waals surface area contributed by atoms with Crippen molar-refractivity contribution in [3.8, 4) is 5.75 Å². The van der Waals surface area contributed by atoms with Gasteiger partial charge in [-0.15, -0.1) is 35.3 Å². The van der Waals surface area contributed by atoms with Crippen LogP contribution in [0.5, 0.6) is 5.75 Å². The number of aryl methyl sites for hydroxylation is 2. The van der Waals surface area contributed by atoms with E-state index < -0.39 is 0 Å². The van der Waals surface area contributed by atoms with Gasteiger partial charge in [0.25, 0.3) is 0 Å². The van der Waals surface area contributed by atoms with Crippen LogP contribution in [0.2, 0.25) is 0 Å². The van der Waals surface area contributed by atoms with E-state index in [9.17, 15) is 0 Å². The van der Waals surface area contributed by atoms with Crippen molar-refractivity contribution in [2.45, 2.75) is 33.3 Å². The highest BCUT2D eigenvalue weighted by Crippen LogP contribution is 2.13. The Hall–Kier alpha value is -1.35. The van der Waals surface area contributed by atoms with Crippen molar-refractivity contribution in [1.82, 2.24) is 15.6 Å². The van der Waals surface area contributed by atoms with E-state index >= 15 is 0 Å².